The molecule has 0 aromatic heterocycles. The van der Waals surface area contributed by atoms with E-state index in [1.54, 1.807) is 12.1 Å². The average molecular weight is 373 g/mol. The molecule has 1 aromatic carbocycles. The number of hydrogen-bond acceptors (Lipinski definition) is 4. The fourth-order valence-corrected chi connectivity index (χ4v) is 2.33. The van der Waals surface area contributed by atoms with Crippen LogP contribution in [0.25, 0.3) is 0 Å². The third kappa shape index (κ3) is 5.10. The van der Waals surface area contributed by atoms with Gasteiger partial charge in [-0.05, 0) is 24.6 Å². The smallest absolute Gasteiger partial charge is 0.322 e. The molecule has 24 heavy (non-hydrogen) atoms. The Bertz CT molecular complexity index is 695. The lowest BCUT2D eigenvalue weighted by atomic mass is 10.1. The van der Waals surface area contributed by atoms with Crippen LogP contribution in [0.2, 0.25) is 10.0 Å². The van der Waals surface area contributed by atoms with Crippen molar-refractivity contribution in [3.8, 4) is 0 Å². The molecule has 0 saturated carbocycles. The van der Waals surface area contributed by atoms with E-state index in [4.69, 9.17) is 23.2 Å². The lowest BCUT2D eigenvalue weighted by Crippen LogP contribution is -2.35. The summed E-state index contributed by atoms with van der Waals surface area (Å²) in [5.41, 5.74) is 0.341. The molecule has 0 aliphatic carbocycles. The van der Waals surface area contributed by atoms with Crippen LogP contribution in [-0.2, 0) is 14.4 Å². The van der Waals surface area contributed by atoms with Crippen molar-refractivity contribution in [1.29, 1.82) is 0 Å². The maximum absolute atomic E-state index is 11.8. The van der Waals surface area contributed by atoms with Crippen LogP contribution in [0.3, 0.4) is 0 Å². The van der Waals surface area contributed by atoms with Crippen molar-refractivity contribution in [2.75, 3.05) is 11.9 Å². The van der Waals surface area contributed by atoms with E-state index in [1.165, 1.54) is 6.07 Å². The highest BCUT2D eigenvalue weighted by molar-refractivity contribution is 6.35. The van der Waals surface area contributed by atoms with Crippen LogP contribution < -0.4 is 21.3 Å². The second-order valence-electron chi connectivity index (χ2n) is 5.00. The van der Waals surface area contributed by atoms with E-state index in [9.17, 15) is 19.2 Å². The SMILES string of the molecule is O=C(CC[C@@H]1NC(=O)NC1=O)NCC(=O)Nc1cc(Cl)ccc1Cl. The zero-order valence-corrected chi connectivity index (χ0v) is 13.8. The Balaban J connectivity index is 1.73. The molecule has 128 valence electrons. The van der Waals surface area contributed by atoms with E-state index in [0.29, 0.717) is 15.7 Å². The molecule has 0 bridgehead atoms. The van der Waals surface area contributed by atoms with Gasteiger partial charge in [-0.25, -0.2) is 4.79 Å². The van der Waals surface area contributed by atoms with Crippen molar-refractivity contribution in [2.24, 2.45) is 0 Å². The average Bonchev–Trinajstić information content (AvgIpc) is 2.84. The number of halogens is 2. The molecule has 1 saturated heterocycles. The Labute approximate surface area is 147 Å². The van der Waals surface area contributed by atoms with Crippen LogP contribution in [0.4, 0.5) is 10.5 Å². The quantitative estimate of drug-likeness (QED) is 0.558. The summed E-state index contributed by atoms with van der Waals surface area (Å²) in [4.78, 5) is 45.7. The third-order valence-corrected chi connectivity index (χ3v) is 3.73. The minimum atomic E-state index is -0.734. The van der Waals surface area contributed by atoms with Crippen LogP contribution in [0.5, 0.6) is 0 Å². The molecular formula is C14H14Cl2N4O4. The predicted octanol–water partition coefficient (Wildman–Crippen LogP) is 1.04. The van der Waals surface area contributed by atoms with Crippen molar-refractivity contribution < 1.29 is 19.2 Å². The van der Waals surface area contributed by atoms with E-state index >= 15 is 0 Å². The number of rotatable bonds is 6. The van der Waals surface area contributed by atoms with Crippen molar-refractivity contribution in [3.05, 3.63) is 28.2 Å². The van der Waals surface area contributed by atoms with Gasteiger partial charge in [0.15, 0.2) is 0 Å². The predicted molar refractivity (Wildman–Crippen MR) is 87.8 cm³/mol. The van der Waals surface area contributed by atoms with Gasteiger partial charge in [-0.15, -0.1) is 0 Å². The molecule has 1 heterocycles. The molecule has 1 aliphatic rings. The molecule has 2 rings (SSSR count). The lowest BCUT2D eigenvalue weighted by molar-refractivity contribution is -0.124. The van der Waals surface area contributed by atoms with Gasteiger partial charge >= 0.3 is 6.03 Å². The highest BCUT2D eigenvalue weighted by atomic mass is 35.5. The zero-order valence-electron chi connectivity index (χ0n) is 12.3. The largest absolute Gasteiger partial charge is 0.347 e. The fraction of sp³-hybridized carbons (Fsp3) is 0.286. The molecule has 1 aliphatic heterocycles. The summed E-state index contributed by atoms with van der Waals surface area (Å²) in [7, 11) is 0. The van der Waals surface area contributed by atoms with E-state index in [-0.39, 0.29) is 19.4 Å². The maximum atomic E-state index is 11.8. The van der Waals surface area contributed by atoms with Crippen molar-refractivity contribution in [2.45, 2.75) is 18.9 Å². The van der Waals surface area contributed by atoms with Gasteiger partial charge in [0.25, 0.3) is 5.91 Å². The van der Waals surface area contributed by atoms with Gasteiger partial charge in [0.1, 0.15) is 6.04 Å². The van der Waals surface area contributed by atoms with Crippen LogP contribution >= 0.6 is 23.2 Å². The molecule has 5 amide bonds. The minimum absolute atomic E-state index is 0.0103. The Morgan fingerprint density at radius 3 is 2.58 bits per heavy atom. The number of nitrogens with one attached hydrogen (secondary N) is 4. The number of anilines is 1. The molecule has 1 atom stereocenters. The standard InChI is InChI=1S/C14H14Cl2N4O4/c15-7-1-2-8(16)10(5-7)18-12(22)6-17-11(21)4-3-9-13(23)20-14(24)19-9/h1-2,5,9H,3-4,6H2,(H,17,21)(H,18,22)(H2,19,20,23,24)/t9-/m0/s1. The zero-order chi connectivity index (χ0) is 17.7. The second-order valence-corrected chi connectivity index (χ2v) is 5.85. The van der Waals surface area contributed by atoms with Gasteiger partial charge in [-0.3, -0.25) is 19.7 Å². The molecule has 1 aromatic rings. The molecular weight excluding hydrogens is 359 g/mol. The summed E-state index contributed by atoms with van der Waals surface area (Å²) in [6, 6.07) is 3.30. The van der Waals surface area contributed by atoms with Crippen molar-refractivity contribution in [1.82, 2.24) is 16.0 Å². The van der Waals surface area contributed by atoms with Gasteiger partial charge in [0, 0.05) is 11.4 Å². The lowest BCUT2D eigenvalue weighted by Gasteiger charge is -2.10. The summed E-state index contributed by atoms with van der Waals surface area (Å²) in [6.45, 7) is -0.259. The van der Waals surface area contributed by atoms with E-state index < -0.39 is 29.8 Å². The summed E-state index contributed by atoms with van der Waals surface area (Å²) in [5, 5.41) is 10.1. The number of amides is 5. The highest BCUT2D eigenvalue weighted by Crippen LogP contribution is 2.25. The molecule has 4 N–H and O–H groups in total. The topological polar surface area (TPSA) is 116 Å². The Kier molecular flexibility index (Phi) is 5.99. The summed E-state index contributed by atoms with van der Waals surface area (Å²) >= 11 is 11.7. The van der Waals surface area contributed by atoms with Gasteiger partial charge in [0.05, 0.1) is 17.3 Å². The first-order valence-corrected chi connectivity index (χ1v) is 7.73. The molecule has 0 unspecified atom stereocenters. The van der Waals surface area contributed by atoms with E-state index in [0.717, 1.165) is 0 Å². The number of carbonyl (C=O) groups is 4. The first-order chi connectivity index (χ1) is 11.3. The third-order valence-electron chi connectivity index (χ3n) is 3.17. The Morgan fingerprint density at radius 1 is 1.17 bits per heavy atom. The van der Waals surface area contributed by atoms with E-state index in [2.05, 4.69) is 21.3 Å². The number of urea groups is 1. The molecule has 0 radical (unpaired) electrons. The first-order valence-electron chi connectivity index (χ1n) is 6.98. The summed E-state index contributed by atoms with van der Waals surface area (Å²) in [5.74, 6) is -1.36. The minimum Gasteiger partial charge on any atom is -0.347 e. The van der Waals surface area contributed by atoms with Crippen LogP contribution in [0, 0.1) is 0 Å². The number of benzene rings is 1. The van der Waals surface area contributed by atoms with Gasteiger partial charge in [-0.2, -0.15) is 0 Å². The highest BCUT2D eigenvalue weighted by Gasteiger charge is 2.29. The Morgan fingerprint density at radius 2 is 1.92 bits per heavy atom. The summed E-state index contributed by atoms with van der Waals surface area (Å²) < 4.78 is 0. The van der Waals surface area contributed by atoms with Gasteiger partial charge in [-0.1, -0.05) is 23.2 Å². The number of hydrogen-bond donors (Lipinski definition) is 4. The molecule has 10 heteroatoms. The number of carbonyl (C=O) groups excluding carboxylic acids is 4. The van der Waals surface area contributed by atoms with Crippen molar-refractivity contribution in [3.63, 3.8) is 0 Å². The molecule has 0 spiro atoms. The maximum Gasteiger partial charge on any atom is 0.322 e. The normalized spacial score (nSPS) is 16.3. The fourth-order valence-electron chi connectivity index (χ4n) is 1.99. The number of imide groups is 1. The van der Waals surface area contributed by atoms with Crippen molar-refractivity contribution >= 4 is 52.6 Å². The molecule has 1 fully saturated rings. The Hall–Kier alpha value is -2.32. The monoisotopic (exact) mass is 372 g/mol. The van der Waals surface area contributed by atoms with Gasteiger partial charge in [0.2, 0.25) is 11.8 Å². The van der Waals surface area contributed by atoms with E-state index in [1.807, 2.05) is 0 Å². The summed E-state index contributed by atoms with van der Waals surface area (Å²) in [6.07, 6.45) is 0.134. The molecule has 8 nitrogen and oxygen atoms in total. The van der Waals surface area contributed by atoms with Gasteiger partial charge < -0.3 is 16.0 Å². The van der Waals surface area contributed by atoms with Crippen LogP contribution in [0.15, 0.2) is 18.2 Å². The first kappa shape index (κ1) is 18.0. The van der Waals surface area contributed by atoms with Crippen LogP contribution in [0.1, 0.15) is 12.8 Å². The second kappa shape index (κ2) is 7.98. The van der Waals surface area contributed by atoms with Crippen LogP contribution in [-0.4, -0.2) is 36.3 Å².